The average molecular weight is 373 g/mol. The van der Waals surface area contributed by atoms with Gasteiger partial charge in [-0.2, -0.15) is 0 Å². The minimum absolute atomic E-state index is 0.0217. The van der Waals surface area contributed by atoms with Gasteiger partial charge < -0.3 is 4.90 Å². The lowest BCUT2D eigenvalue weighted by Crippen LogP contribution is -2.40. The Hall–Kier alpha value is -1.92. The summed E-state index contributed by atoms with van der Waals surface area (Å²) in [5, 5.41) is 0. The fraction of sp³-hybridized carbons (Fsp3) is 0.316. The summed E-state index contributed by atoms with van der Waals surface area (Å²) >= 11 is 6.57. The van der Waals surface area contributed by atoms with Gasteiger partial charge in [0.05, 0.1) is 4.91 Å². The molecule has 2 aliphatic heterocycles. The Morgan fingerprint density at radius 1 is 1.24 bits per heavy atom. The molecule has 0 saturated carbocycles. The van der Waals surface area contributed by atoms with E-state index in [2.05, 4.69) is 0 Å². The monoisotopic (exact) mass is 372 g/mol. The van der Waals surface area contributed by atoms with Gasteiger partial charge in [0.2, 0.25) is 5.91 Å². The summed E-state index contributed by atoms with van der Waals surface area (Å²) in [5.41, 5.74) is 2.05. The average Bonchev–Trinajstić information content (AvgIpc) is 3.21. The number of carbonyl (C=O) groups excluding carboxylic acids is 2. The highest BCUT2D eigenvalue weighted by Crippen LogP contribution is 2.32. The third kappa shape index (κ3) is 4.38. The van der Waals surface area contributed by atoms with E-state index in [9.17, 15) is 9.59 Å². The molecule has 3 rings (SSSR count). The number of thiocarbonyl (C=S) groups is 1. The zero-order chi connectivity index (χ0) is 17.8. The van der Waals surface area contributed by atoms with Crippen LogP contribution in [0.1, 0.15) is 25.3 Å². The van der Waals surface area contributed by atoms with E-state index in [0.29, 0.717) is 9.23 Å². The molecule has 4 nitrogen and oxygen atoms in total. The lowest BCUT2D eigenvalue weighted by atomic mass is 10.1. The lowest BCUT2D eigenvalue weighted by Gasteiger charge is -2.19. The summed E-state index contributed by atoms with van der Waals surface area (Å²) in [4.78, 5) is 28.7. The summed E-state index contributed by atoms with van der Waals surface area (Å²) in [7, 11) is 0. The molecule has 2 fully saturated rings. The largest absolute Gasteiger partial charge is 0.341 e. The van der Waals surface area contributed by atoms with Gasteiger partial charge in [-0.1, -0.05) is 60.4 Å². The maximum absolute atomic E-state index is 12.6. The van der Waals surface area contributed by atoms with Crippen LogP contribution in [0.4, 0.5) is 0 Å². The van der Waals surface area contributed by atoms with E-state index < -0.39 is 0 Å². The van der Waals surface area contributed by atoms with Gasteiger partial charge in [0, 0.05) is 13.1 Å². The first kappa shape index (κ1) is 17.9. The molecule has 2 saturated heterocycles. The zero-order valence-corrected chi connectivity index (χ0v) is 15.7. The smallest absolute Gasteiger partial charge is 0.266 e. The van der Waals surface area contributed by atoms with Crippen LogP contribution < -0.4 is 0 Å². The molecule has 2 amide bonds. The van der Waals surface area contributed by atoms with Crippen molar-refractivity contribution in [1.29, 1.82) is 0 Å². The Morgan fingerprint density at radius 2 is 1.92 bits per heavy atom. The van der Waals surface area contributed by atoms with Crippen molar-refractivity contribution in [2.75, 3.05) is 19.6 Å². The molecule has 0 aromatic heterocycles. The fourth-order valence-electron chi connectivity index (χ4n) is 2.90. The van der Waals surface area contributed by atoms with Crippen molar-refractivity contribution in [3.63, 3.8) is 0 Å². The van der Waals surface area contributed by atoms with Crippen molar-refractivity contribution in [1.82, 2.24) is 9.80 Å². The fourth-order valence-corrected chi connectivity index (χ4v) is 4.20. The second-order valence-electron chi connectivity index (χ2n) is 6.15. The highest BCUT2D eigenvalue weighted by molar-refractivity contribution is 8.26. The summed E-state index contributed by atoms with van der Waals surface area (Å²) < 4.78 is 0.455. The van der Waals surface area contributed by atoms with E-state index in [-0.39, 0.29) is 18.4 Å². The Kier molecular flexibility index (Phi) is 5.71. The maximum Gasteiger partial charge on any atom is 0.266 e. The molecular weight excluding hydrogens is 352 g/mol. The van der Waals surface area contributed by atoms with Crippen LogP contribution in [0, 0.1) is 0 Å². The van der Waals surface area contributed by atoms with Crippen LogP contribution >= 0.6 is 24.0 Å². The second kappa shape index (κ2) is 7.97. The van der Waals surface area contributed by atoms with Gasteiger partial charge in [0.15, 0.2) is 0 Å². The minimum atomic E-state index is -0.177. The predicted molar refractivity (Wildman–Crippen MR) is 106 cm³/mol. The van der Waals surface area contributed by atoms with Crippen molar-refractivity contribution in [3.05, 3.63) is 52.4 Å². The van der Waals surface area contributed by atoms with Crippen LogP contribution in [0.5, 0.6) is 0 Å². The van der Waals surface area contributed by atoms with Crippen molar-refractivity contribution in [2.45, 2.75) is 19.8 Å². The van der Waals surface area contributed by atoms with Crippen LogP contribution in [0.15, 0.2) is 46.9 Å². The van der Waals surface area contributed by atoms with Gasteiger partial charge in [-0.05, 0) is 37.0 Å². The first-order valence-corrected chi connectivity index (χ1v) is 9.53. The van der Waals surface area contributed by atoms with Crippen molar-refractivity contribution in [3.8, 4) is 0 Å². The van der Waals surface area contributed by atoms with Gasteiger partial charge >= 0.3 is 0 Å². The summed E-state index contributed by atoms with van der Waals surface area (Å²) in [6, 6.07) is 9.94. The van der Waals surface area contributed by atoms with Crippen molar-refractivity contribution in [2.24, 2.45) is 0 Å². The molecule has 0 spiro atoms. The number of likely N-dealkylation sites (tertiary alicyclic amines) is 1. The Bertz CT molecular complexity index is 750. The van der Waals surface area contributed by atoms with Crippen LogP contribution in [0.3, 0.4) is 0 Å². The van der Waals surface area contributed by atoms with E-state index in [1.54, 1.807) is 0 Å². The molecule has 0 N–H and O–H groups in total. The molecule has 130 valence electrons. The number of benzene rings is 1. The standard InChI is InChI=1S/C19H20N2O2S2/c1-14(11-15-7-3-2-4-8-15)12-16-18(23)21(19(24)25-16)13-17(22)20-9-5-6-10-20/h2-4,7-8,11-12H,5-6,9-10,13H2,1H3/b14-11+,16-12+. The number of allylic oxidation sites excluding steroid dienone is 2. The van der Waals surface area contributed by atoms with Gasteiger partial charge in [-0.25, -0.2) is 0 Å². The van der Waals surface area contributed by atoms with Gasteiger partial charge in [-0.15, -0.1) is 0 Å². The summed E-state index contributed by atoms with van der Waals surface area (Å²) in [6.07, 6.45) is 5.93. The highest BCUT2D eigenvalue weighted by Gasteiger charge is 2.34. The molecule has 1 aromatic carbocycles. The number of amides is 2. The quantitative estimate of drug-likeness (QED) is 0.600. The molecule has 0 bridgehead atoms. The summed E-state index contributed by atoms with van der Waals surface area (Å²) in [5.74, 6) is -0.199. The third-order valence-electron chi connectivity index (χ3n) is 4.18. The Labute approximate surface area is 157 Å². The molecule has 6 heteroatoms. The molecule has 0 radical (unpaired) electrons. The summed E-state index contributed by atoms with van der Waals surface area (Å²) in [6.45, 7) is 3.56. The van der Waals surface area contributed by atoms with E-state index in [4.69, 9.17) is 12.2 Å². The first-order chi connectivity index (χ1) is 12.0. The Balaban J connectivity index is 1.70. The van der Waals surface area contributed by atoms with Crippen LogP contribution in [0.2, 0.25) is 0 Å². The minimum Gasteiger partial charge on any atom is -0.341 e. The third-order valence-corrected chi connectivity index (χ3v) is 5.56. The molecule has 0 unspecified atom stereocenters. The number of rotatable bonds is 4. The number of nitrogens with zero attached hydrogens (tertiary/aromatic N) is 2. The maximum atomic E-state index is 12.6. The number of carbonyl (C=O) groups is 2. The van der Waals surface area contributed by atoms with Gasteiger partial charge in [0.1, 0.15) is 10.9 Å². The normalized spacial score (nSPS) is 20.0. The Morgan fingerprint density at radius 3 is 2.60 bits per heavy atom. The first-order valence-electron chi connectivity index (χ1n) is 8.31. The highest BCUT2D eigenvalue weighted by atomic mass is 32.2. The molecule has 0 atom stereocenters. The number of hydrogen-bond donors (Lipinski definition) is 0. The van der Waals surface area contributed by atoms with Crippen molar-refractivity contribution < 1.29 is 9.59 Å². The van der Waals surface area contributed by atoms with Gasteiger partial charge in [0.25, 0.3) is 5.91 Å². The predicted octanol–water partition coefficient (Wildman–Crippen LogP) is 3.46. The van der Waals surface area contributed by atoms with Crippen molar-refractivity contribution >= 4 is 46.2 Å². The van der Waals surface area contributed by atoms with Crippen LogP contribution in [0.25, 0.3) is 6.08 Å². The number of thioether (sulfide) groups is 1. The van der Waals surface area contributed by atoms with E-state index in [1.807, 2.05) is 54.3 Å². The zero-order valence-electron chi connectivity index (χ0n) is 14.1. The molecular formula is C19H20N2O2S2. The lowest BCUT2D eigenvalue weighted by molar-refractivity contribution is -0.134. The van der Waals surface area contributed by atoms with Crippen LogP contribution in [-0.4, -0.2) is 45.6 Å². The molecule has 2 heterocycles. The number of hydrogen-bond acceptors (Lipinski definition) is 4. The SMILES string of the molecule is CC(=C\c1ccccc1)/C=C1/SC(=S)N(CC(=O)N2CCCC2)C1=O. The molecule has 2 aliphatic rings. The van der Waals surface area contributed by atoms with Crippen LogP contribution in [-0.2, 0) is 9.59 Å². The topological polar surface area (TPSA) is 40.6 Å². The second-order valence-corrected chi connectivity index (χ2v) is 7.83. The molecule has 1 aromatic rings. The van der Waals surface area contributed by atoms with E-state index in [1.165, 1.54) is 16.7 Å². The van der Waals surface area contributed by atoms with E-state index >= 15 is 0 Å². The van der Waals surface area contributed by atoms with Gasteiger partial charge in [-0.3, -0.25) is 14.5 Å². The molecule has 25 heavy (non-hydrogen) atoms. The molecule has 0 aliphatic carbocycles. The van der Waals surface area contributed by atoms with E-state index in [0.717, 1.165) is 37.1 Å².